The van der Waals surface area contributed by atoms with E-state index in [1.807, 2.05) is 12.1 Å². The highest BCUT2D eigenvalue weighted by atomic mass is 79.9. The van der Waals surface area contributed by atoms with Crippen LogP contribution in [0, 0.1) is 0 Å². The molecule has 1 fully saturated rings. The zero-order valence-corrected chi connectivity index (χ0v) is 15.0. The largest absolute Gasteiger partial charge is 0.345 e. The van der Waals surface area contributed by atoms with E-state index in [1.165, 1.54) is 5.56 Å². The van der Waals surface area contributed by atoms with Gasteiger partial charge in [0.05, 0.1) is 31.7 Å². The van der Waals surface area contributed by atoms with Gasteiger partial charge in [-0.15, -0.1) is 0 Å². The van der Waals surface area contributed by atoms with Crippen LogP contribution in [0.2, 0.25) is 0 Å². The number of aromatic nitrogens is 2. The van der Waals surface area contributed by atoms with E-state index < -0.39 is 0 Å². The van der Waals surface area contributed by atoms with Crippen LogP contribution >= 0.6 is 15.9 Å². The Labute approximate surface area is 150 Å². The molecule has 0 radical (unpaired) electrons. The molecule has 1 N–H and O–H groups in total. The van der Waals surface area contributed by atoms with Gasteiger partial charge in [-0.05, 0) is 18.2 Å². The predicted molar refractivity (Wildman–Crippen MR) is 100 cm³/mol. The van der Waals surface area contributed by atoms with E-state index in [4.69, 9.17) is 0 Å². The molecular formula is C19H20BrN4+. The molecule has 0 unspecified atom stereocenters. The van der Waals surface area contributed by atoms with Gasteiger partial charge in [-0.1, -0.05) is 46.3 Å². The summed E-state index contributed by atoms with van der Waals surface area (Å²) >= 11 is 3.56. The van der Waals surface area contributed by atoms with Crippen molar-refractivity contribution >= 4 is 32.7 Å². The maximum absolute atomic E-state index is 4.57. The third kappa shape index (κ3) is 3.28. The fraction of sp³-hybridized carbons (Fsp3) is 0.263. The molecule has 2 heterocycles. The highest BCUT2D eigenvalue weighted by Gasteiger charge is 2.22. The highest BCUT2D eigenvalue weighted by molar-refractivity contribution is 9.10. The van der Waals surface area contributed by atoms with Crippen LogP contribution in [0.25, 0.3) is 10.9 Å². The quantitative estimate of drug-likeness (QED) is 0.753. The highest BCUT2D eigenvalue weighted by Crippen LogP contribution is 2.25. The molecule has 122 valence electrons. The van der Waals surface area contributed by atoms with Crippen LogP contribution in [0.3, 0.4) is 0 Å². The maximum Gasteiger partial charge on any atom is 0.140 e. The fourth-order valence-electron chi connectivity index (χ4n) is 3.36. The number of fused-ring (bicyclic) bond motifs is 1. The second kappa shape index (κ2) is 6.87. The van der Waals surface area contributed by atoms with Crippen molar-refractivity contribution in [3.8, 4) is 0 Å². The van der Waals surface area contributed by atoms with Crippen molar-refractivity contribution in [3.05, 3.63) is 64.9 Å². The summed E-state index contributed by atoms with van der Waals surface area (Å²) in [4.78, 5) is 13.0. The van der Waals surface area contributed by atoms with Crippen molar-refractivity contribution in [2.24, 2.45) is 0 Å². The second-order valence-electron chi connectivity index (χ2n) is 6.26. The fourth-order valence-corrected chi connectivity index (χ4v) is 3.72. The first kappa shape index (κ1) is 15.5. The number of anilines is 1. The topological polar surface area (TPSA) is 33.5 Å². The van der Waals surface area contributed by atoms with Crippen molar-refractivity contribution in [1.29, 1.82) is 0 Å². The molecule has 0 bridgehead atoms. The molecule has 1 saturated heterocycles. The van der Waals surface area contributed by atoms with Gasteiger partial charge in [-0.25, -0.2) is 9.97 Å². The van der Waals surface area contributed by atoms with Gasteiger partial charge >= 0.3 is 0 Å². The van der Waals surface area contributed by atoms with E-state index in [0.29, 0.717) is 0 Å². The lowest BCUT2D eigenvalue weighted by Gasteiger charge is -2.33. The van der Waals surface area contributed by atoms with Crippen LogP contribution in [-0.2, 0) is 6.54 Å². The van der Waals surface area contributed by atoms with Crippen molar-refractivity contribution in [3.63, 3.8) is 0 Å². The van der Waals surface area contributed by atoms with E-state index in [2.05, 4.69) is 67.2 Å². The maximum atomic E-state index is 4.57. The van der Waals surface area contributed by atoms with E-state index in [0.717, 1.165) is 53.9 Å². The van der Waals surface area contributed by atoms with Crippen molar-refractivity contribution < 1.29 is 4.90 Å². The molecule has 0 saturated carbocycles. The molecule has 1 aliphatic heterocycles. The monoisotopic (exact) mass is 383 g/mol. The Kier molecular flexibility index (Phi) is 4.45. The molecule has 1 aromatic heterocycles. The molecule has 1 aliphatic rings. The molecular weight excluding hydrogens is 364 g/mol. The number of nitrogens with one attached hydrogen (secondary N) is 1. The summed E-state index contributed by atoms with van der Waals surface area (Å²) in [6.07, 6.45) is 1.68. The van der Waals surface area contributed by atoms with Crippen molar-refractivity contribution in [1.82, 2.24) is 9.97 Å². The first-order valence-corrected chi connectivity index (χ1v) is 9.11. The van der Waals surface area contributed by atoms with E-state index in [1.54, 1.807) is 11.2 Å². The molecule has 24 heavy (non-hydrogen) atoms. The summed E-state index contributed by atoms with van der Waals surface area (Å²) in [7, 11) is 0. The SMILES string of the molecule is Brc1ccc2ncnc(N3CC[NH+](Cc4ccccc4)CC3)c2c1. The van der Waals surface area contributed by atoms with Crippen molar-refractivity contribution in [2.45, 2.75) is 6.54 Å². The second-order valence-corrected chi connectivity index (χ2v) is 7.17. The average Bonchev–Trinajstić information content (AvgIpc) is 2.63. The number of piperazine rings is 1. The smallest absolute Gasteiger partial charge is 0.140 e. The summed E-state index contributed by atoms with van der Waals surface area (Å²) in [5.41, 5.74) is 2.42. The van der Waals surface area contributed by atoms with E-state index in [9.17, 15) is 0 Å². The standard InChI is InChI=1S/C19H19BrN4/c20-16-6-7-18-17(12-16)19(22-14-21-18)24-10-8-23(9-11-24)13-15-4-2-1-3-5-15/h1-7,12,14H,8-11,13H2/p+1. The summed E-state index contributed by atoms with van der Waals surface area (Å²) < 4.78 is 1.07. The van der Waals surface area contributed by atoms with Gasteiger partial charge in [0.2, 0.25) is 0 Å². The Balaban J connectivity index is 1.49. The molecule has 4 nitrogen and oxygen atoms in total. The van der Waals surface area contributed by atoms with Gasteiger partial charge < -0.3 is 9.80 Å². The number of benzene rings is 2. The van der Waals surface area contributed by atoms with Gasteiger partial charge in [0.25, 0.3) is 0 Å². The minimum Gasteiger partial charge on any atom is -0.345 e. The van der Waals surface area contributed by atoms with Gasteiger partial charge in [-0.2, -0.15) is 0 Å². The van der Waals surface area contributed by atoms with Crippen LogP contribution in [0.1, 0.15) is 5.56 Å². The van der Waals surface area contributed by atoms with Crippen LogP contribution in [0.4, 0.5) is 5.82 Å². The minimum atomic E-state index is 1.00. The molecule has 3 aromatic rings. The number of rotatable bonds is 3. The van der Waals surface area contributed by atoms with Gasteiger partial charge in [0, 0.05) is 15.4 Å². The normalized spacial score (nSPS) is 15.8. The Morgan fingerprint density at radius 3 is 2.58 bits per heavy atom. The Morgan fingerprint density at radius 2 is 1.79 bits per heavy atom. The zero-order valence-electron chi connectivity index (χ0n) is 13.5. The number of quaternary nitrogens is 1. The third-order valence-electron chi connectivity index (χ3n) is 4.64. The number of nitrogens with zero attached hydrogens (tertiary/aromatic N) is 3. The van der Waals surface area contributed by atoms with Crippen LogP contribution in [0.15, 0.2) is 59.3 Å². The summed E-state index contributed by atoms with van der Waals surface area (Å²) in [5, 5.41) is 1.12. The Bertz CT molecular complexity index is 829. The third-order valence-corrected chi connectivity index (χ3v) is 5.14. The summed E-state index contributed by atoms with van der Waals surface area (Å²) in [6, 6.07) is 16.9. The minimum absolute atomic E-state index is 1.00. The molecule has 4 rings (SSSR count). The van der Waals surface area contributed by atoms with Crippen LogP contribution in [-0.4, -0.2) is 36.1 Å². The number of hydrogen-bond donors (Lipinski definition) is 1. The zero-order chi connectivity index (χ0) is 16.4. The lowest BCUT2D eigenvalue weighted by molar-refractivity contribution is -0.914. The first-order valence-electron chi connectivity index (χ1n) is 8.32. The lowest BCUT2D eigenvalue weighted by atomic mass is 10.2. The predicted octanol–water partition coefficient (Wildman–Crippen LogP) is 2.30. The van der Waals surface area contributed by atoms with Gasteiger partial charge in [0.1, 0.15) is 18.7 Å². The Morgan fingerprint density at radius 1 is 1.00 bits per heavy atom. The molecule has 5 heteroatoms. The summed E-state index contributed by atoms with van der Waals surface area (Å²) in [6.45, 7) is 5.43. The molecule has 0 atom stereocenters. The van der Waals surface area contributed by atoms with Gasteiger partial charge in [-0.3, -0.25) is 0 Å². The van der Waals surface area contributed by atoms with E-state index >= 15 is 0 Å². The average molecular weight is 384 g/mol. The number of halogens is 1. The van der Waals surface area contributed by atoms with Crippen LogP contribution < -0.4 is 9.80 Å². The first-order chi connectivity index (χ1) is 11.8. The molecule has 0 amide bonds. The van der Waals surface area contributed by atoms with Crippen molar-refractivity contribution in [2.75, 3.05) is 31.1 Å². The molecule has 2 aromatic carbocycles. The van der Waals surface area contributed by atoms with Gasteiger partial charge in [0.15, 0.2) is 0 Å². The number of hydrogen-bond acceptors (Lipinski definition) is 3. The Hall–Kier alpha value is -1.98. The lowest BCUT2D eigenvalue weighted by Crippen LogP contribution is -3.13. The molecule has 0 spiro atoms. The van der Waals surface area contributed by atoms with Crippen LogP contribution in [0.5, 0.6) is 0 Å². The molecule has 0 aliphatic carbocycles. The summed E-state index contributed by atoms with van der Waals surface area (Å²) in [5.74, 6) is 1.06. The van der Waals surface area contributed by atoms with E-state index in [-0.39, 0.29) is 0 Å².